The third kappa shape index (κ3) is 1.96. The van der Waals surface area contributed by atoms with E-state index in [0.717, 1.165) is 5.56 Å². The molecule has 0 amide bonds. The number of benzene rings is 1. The summed E-state index contributed by atoms with van der Waals surface area (Å²) >= 11 is 6.11. The normalized spacial score (nSPS) is 22.6. The van der Waals surface area contributed by atoms with Crippen LogP contribution in [-0.2, 0) is 15.3 Å². The summed E-state index contributed by atoms with van der Waals surface area (Å²) < 4.78 is 5.49. The molecule has 1 atom stereocenters. The van der Waals surface area contributed by atoms with Gasteiger partial charge in [0.15, 0.2) is 0 Å². The number of rotatable bonds is 3. The van der Waals surface area contributed by atoms with Gasteiger partial charge >= 0.3 is 5.97 Å². The number of carboxylic acid groups (broad SMARTS) is 1. The van der Waals surface area contributed by atoms with Crippen molar-refractivity contribution in [2.45, 2.75) is 19.1 Å². The number of nitrogens with one attached hydrogen (secondary N) is 1. The molecule has 0 spiro atoms. The Morgan fingerprint density at radius 3 is 2.76 bits per heavy atom. The highest BCUT2D eigenvalue weighted by Gasteiger charge is 2.40. The minimum Gasteiger partial charge on any atom is -0.475 e. The third-order valence-corrected chi connectivity index (χ3v) is 3.07. The van der Waals surface area contributed by atoms with Crippen LogP contribution < -0.4 is 5.32 Å². The maximum absolute atomic E-state index is 10.9. The second-order valence-electron chi connectivity index (χ2n) is 3.72. The quantitative estimate of drug-likeness (QED) is 0.869. The molecule has 1 heterocycles. The van der Waals surface area contributed by atoms with E-state index in [1.165, 1.54) is 6.20 Å². The monoisotopic (exact) mass is 253 g/mol. The second kappa shape index (κ2) is 4.30. The van der Waals surface area contributed by atoms with Gasteiger partial charge in [-0.1, -0.05) is 36.7 Å². The predicted molar refractivity (Wildman–Crippen MR) is 63.4 cm³/mol. The van der Waals surface area contributed by atoms with E-state index in [0.29, 0.717) is 11.4 Å². The summed E-state index contributed by atoms with van der Waals surface area (Å²) in [5, 5.41) is 12.4. The van der Waals surface area contributed by atoms with Gasteiger partial charge in [0, 0.05) is 17.0 Å². The van der Waals surface area contributed by atoms with E-state index in [9.17, 15) is 4.79 Å². The van der Waals surface area contributed by atoms with Crippen molar-refractivity contribution in [2.24, 2.45) is 0 Å². The number of halogens is 1. The molecule has 1 aliphatic rings. The van der Waals surface area contributed by atoms with Gasteiger partial charge in [0.05, 0.1) is 6.20 Å². The van der Waals surface area contributed by atoms with Crippen LogP contribution in [0.4, 0.5) is 0 Å². The predicted octanol–water partition coefficient (Wildman–Crippen LogP) is 2.45. The van der Waals surface area contributed by atoms with Gasteiger partial charge in [0.1, 0.15) is 0 Å². The molecular weight excluding hydrogens is 242 g/mol. The fraction of sp³-hybridized carbons (Fsp3) is 0.250. The van der Waals surface area contributed by atoms with E-state index < -0.39 is 11.7 Å². The first-order valence-electron chi connectivity index (χ1n) is 5.24. The maximum atomic E-state index is 10.9. The molecule has 0 radical (unpaired) electrons. The van der Waals surface area contributed by atoms with Crippen molar-refractivity contribution in [3.8, 4) is 0 Å². The summed E-state index contributed by atoms with van der Waals surface area (Å²) in [5.41, 5.74) is -0.150. The second-order valence-corrected chi connectivity index (χ2v) is 4.13. The Hall–Kier alpha value is -1.68. The minimum absolute atomic E-state index is 0.105. The molecule has 2 rings (SSSR count). The van der Waals surface area contributed by atoms with Crippen LogP contribution in [0.2, 0.25) is 5.02 Å². The summed E-state index contributed by atoms with van der Waals surface area (Å²) in [7, 11) is 0. The number of hydrogen-bond donors (Lipinski definition) is 2. The summed E-state index contributed by atoms with van der Waals surface area (Å²) in [6, 6.07) is 7.22. The first-order valence-corrected chi connectivity index (χ1v) is 5.62. The molecule has 1 aliphatic heterocycles. The highest BCUT2D eigenvalue weighted by Crippen LogP contribution is 2.36. The fourth-order valence-electron chi connectivity index (χ4n) is 1.82. The number of hydrogen-bond acceptors (Lipinski definition) is 3. The first kappa shape index (κ1) is 11.8. The molecule has 0 saturated heterocycles. The summed E-state index contributed by atoms with van der Waals surface area (Å²) in [4.78, 5) is 10.9. The summed E-state index contributed by atoms with van der Waals surface area (Å²) in [5.74, 6) is -1.20. The molecule has 0 aromatic heterocycles. The lowest BCUT2D eigenvalue weighted by molar-refractivity contribution is -0.139. The van der Waals surface area contributed by atoms with Crippen LogP contribution in [0.1, 0.15) is 18.9 Å². The van der Waals surface area contributed by atoms with Gasteiger partial charge in [0.2, 0.25) is 11.5 Å². The molecule has 0 aliphatic carbocycles. The zero-order chi connectivity index (χ0) is 12.5. The molecule has 0 saturated carbocycles. The van der Waals surface area contributed by atoms with Crippen LogP contribution in [0.3, 0.4) is 0 Å². The summed E-state index contributed by atoms with van der Waals surface area (Å²) in [6.45, 7) is 1.90. The van der Waals surface area contributed by atoms with Crippen LogP contribution in [0, 0.1) is 0 Å². The van der Waals surface area contributed by atoms with E-state index in [2.05, 4.69) is 5.32 Å². The van der Waals surface area contributed by atoms with Crippen molar-refractivity contribution in [3.05, 3.63) is 46.8 Å². The Morgan fingerprint density at radius 2 is 2.24 bits per heavy atom. The van der Waals surface area contributed by atoms with Crippen molar-refractivity contribution >= 4 is 17.6 Å². The van der Waals surface area contributed by atoms with Crippen LogP contribution in [0.5, 0.6) is 0 Å². The lowest BCUT2D eigenvalue weighted by Gasteiger charge is -2.29. The van der Waals surface area contributed by atoms with Crippen LogP contribution in [0.25, 0.3) is 0 Å². The Kier molecular flexibility index (Phi) is 2.98. The van der Waals surface area contributed by atoms with Crippen molar-refractivity contribution in [2.75, 3.05) is 0 Å². The molecule has 2 N–H and O–H groups in total. The highest BCUT2D eigenvalue weighted by atomic mass is 35.5. The van der Waals surface area contributed by atoms with E-state index in [4.69, 9.17) is 21.4 Å². The SMILES string of the molecule is CCC1(c2ccccc2Cl)NC=C(C(=O)O)O1. The Labute approximate surface area is 104 Å². The maximum Gasteiger partial charge on any atom is 0.372 e. The van der Waals surface area contributed by atoms with Gasteiger partial charge < -0.3 is 15.2 Å². The molecule has 1 unspecified atom stereocenters. The molecule has 4 nitrogen and oxygen atoms in total. The van der Waals surface area contributed by atoms with Crippen molar-refractivity contribution in [1.82, 2.24) is 5.32 Å². The zero-order valence-corrected chi connectivity index (χ0v) is 9.99. The van der Waals surface area contributed by atoms with Gasteiger partial charge in [-0.2, -0.15) is 0 Å². The number of carboxylic acids is 1. The molecule has 0 bridgehead atoms. The van der Waals surface area contributed by atoms with Crippen molar-refractivity contribution in [1.29, 1.82) is 0 Å². The lowest BCUT2D eigenvalue weighted by atomic mass is 10.0. The average molecular weight is 254 g/mol. The molecule has 90 valence electrons. The Bertz CT molecular complexity index is 486. The smallest absolute Gasteiger partial charge is 0.372 e. The Balaban J connectivity index is 2.37. The minimum atomic E-state index is -1.10. The molecule has 17 heavy (non-hydrogen) atoms. The van der Waals surface area contributed by atoms with Gasteiger partial charge in [-0.25, -0.2) is 4.79 Å². The highest BCUT2D eigenvalue weighted by molar-refractivity contribution is 6.31. The van der Waals surface area contributed by atoms with Crippen molar-refractivity contribution < 1.29 is 14.6 Å². The van der Waals surface area contributed by atoms with Gasteiger partial charge in [0.25, 0.3) is 0 Å². The molecule has 0 fully saturated rings. The van der Waals surface area contributed by atoms with Gasteiger partial charge in [-0.15, -0.1) is 0 Å². The van der Waals surface area contributed by atoms with Crippen LogP contribution in [-0.4, -0.2) is 11.1 Å². The fourth-order valence-corrected chi connectivity index (χ4v) is 2.11. The van der Waals surface area contributed by atoms with E-state index in [1.807, 2.05) is 25.1 Å². The summed E-state index contributed by atoms with van der Waals surface area (Å²) in [6.07, 6.45) is 1.92. The number of ether oxygens (including phenoxy) is 1. The molecule has 1 aromatic carbocycles. The average Bonchev–Trinajstić information content (AvgIpc) is 2.75. The third-order valence-electron chi connectivity index (χ3n) is 2.74. The first-order chi connectivity index (χ1) is 8.09. The zero-order valence-electron chi connectivity index (χ0n) is 9.24. The molecular formula is C12H12ClNO3. The largest absolute Gasteiger partial charge is 0.475 e. The van der Waals surface area contributed by atoms with E-state index in [1.54, 1.807) is 6.07 Å². The number of carbonyl (C=O) groups is 1. The standard InChI is InChI=1S/C12H12ClNO3/c1-2-12(8-5-3-4-6-9(8)13)14-7-10(17-12)11(15)16/h3-7,14H,2H2,1H3,(H,15,16). The molecule has 1 aromatic rings. The van der Waals surface area contributed by atoms with Gasteiger partial charge in [-0.3, -0.25) is 0 Å². The lowest BCUT2D eigenvalue weighted by Crippen LogP contribution is -2.37. The van der Waals surface area contributed by atoms with E-state index >= 15 is 0 Å². The van der Waals surface area contributed by atoms with E-state index in [-0.39, 0.29) is 5.76 Å². The number of aliphatic carboxylic acids is 1. The Morgan fingerprint density at radius 1 is 1.53 bits per heavy atom. The van der Waals surface area contributed by atoms with Gasteiger partial charge in [-0.05, 0) is 6.07 Å². The van der Waals surface area contributed by atoms with Crippen molar-refractivity contribution in [3.63, 3.8) is 0 Å². The van der Waals surface area contributed by atoms with Crippen LogP contribution >= 0.6 is 11.6 Å². The van der Waals surface area contributed by atoms with Crippen LogP contribution in [0.15, 0.2) is 36.2 Å². The topological polar surface area (TPSA) is 58.6 Å². The molecule has 5 heteroatoms.